The van der Waals surface area contributed by atoms with E-state index in [1.165, 1.54) is 12.8 Å². The Morgan fingerprint density at radius 1 is 1.35 bits per heavy atom. The highest BCUT2D eigenvalue weighted by Gasteiger charge is 2.30. The average molecular weight is 283 g/mol. The van der Waals surface area contributed by atoms with E-state index >= 15 is 0 Å². The van der Waals surface area contributed by atoms with Crippen LogP contribution >= 0.6 is 0 Å². The number of hydrogen-bond acceptors (Lipinski definition) is 3. The van der Waals surface area contributed by atoms with Gasteiger partial charge < -0.3 is 20.1 Å². The Morgan fingerprint density at radius 2 is 2.00 bits per heavy atom. The van der Waals surface area contributed by atoms with Gasteiger partial charge in [-0.05, 0) is 25.7 Å². The zero-order chi connectivity index (χ0) is 14.4. The fourth-order valence-electron chi connectivity index (χ4n) is 2.78. The molecule has 20 heavy (non-hydrogen) atoms. The number of guanidine groups is 1. The van der Waals surface area contributed by atoms with Crippen LogP contribution in [0, 0.1) is 5.92 Å². The number of hydrogen-bond donors (Lipinski definition) is 2. The first kappa shape index (κ1) is 15.6. The molecule has 2 N–H and O–H groups in total. The van der Waals surface area contributed by atoms with Crippen LogP contribution in [0.4, 0.5) is 0 Å². The molecule has 0 saturated carbocycles. The highest BCUT2D eigenvalue weighted by Crippen LogP contribution is 2.21. The maximum Gasteiger partial charge on any atom is 0.194 e. The summed E-state index contributed by atoms with van der Waals surface area (Å²) in [6.07, 6.45) is 3.82. The van der Waals surface area contributed by atoms with Crippen molar-refractivity contribution in [1.82, 2.24) is 10.2 Å². The Hall–Kier alpha value is -0.810. The van der Waals surface area contributed by atoms with E-state index in [0.29, 0.717) is 32.6 Å². The lowest BCUT2D eigenvalue weighted by Gasteiger charge is -2.34. The third-order valence-electron chi connectivity index (χ3n) is 4.36. The molecule has 2 rings (SSSR count). The van der Waals surface area contributed by atoms with Crippen molar-refractivity contribution in [3.05, 3.63) is 0 Å². The van der Waals surface area contributed by atoms with Crippen LogP contribution in [-0.2, 0) is 4.74 Å². The summed E-state index contributed by atoms with van der Waals surface area (Å²) in [6.45, 7) is 9.16. The van der Waals surface area contributed by atoms with Gasteiger partial charge in [0.1, 0.15) is 0 Å². The normalized spacial score (nSPS) is 24.8. The number of piperidine rings is 1. The first-order chi connectivity index (χ1) is 9.63. The minimum absolute atomic E-state index is 0.477. The second kappa shape index (κ2) is 7.27. The quantitative estimate of drug-likeness (QED) is 0.604. The SMILES string of the molecule is CCNC(=NCC1(O)CCOCC1)N1CCC(C)CC1. The Labute approximate surface area is 122 Å². The van der Waals surface area contributed by atoms with Gasteiger partial charge in [-0.1, -0.05) is 6.92 Å². The molecule has 2 heterocycles. The van der Waals surface area contributed by atoms with Crippen molar-refractivity contribution in [3.8, 4) is 0 Å². The molecule has 0 spiro atoms. The van der Waals surface area contributed by atoms with Crippen LogP contribution < -0.4 is 5.32 Å². The molecule has 0 amide bonds. The monoisotopic (exact) mass is 283 g/mol. The molecule has 5 heteroatoms. The van der Waals surface area contributed by atoms with Crippen molar-refractivity contribution in [2.24, 2.45) is 10.9 Å². The van der Waals surface area contributed by atoms with Crippen molar-refractivity contribution in [3.63, 3.8) is 0 Å². The van der Waals surface area contributed by atoms with Gasteiger partial charge in [-0.3, -0.25) is 4.99 Å². The van der Waals surface area contributed by atoms with Gasteiger partial charge in [0.2, 0.25) is 0 Å². The molecular weight excluding hydrogens is 254 g/mol. The third kappa shape index (κ3) is 4.35. The van der Waals surface area contributed by atoms with Gasteiger partial charge >= 0.3 is 0 Å². The van der Waals surface area contributed by atoms with E-state index in [1.54, 1.807) is 0 Å². The first-order valence-electron chi connectivity index (χ1n) is 7.96. The van der Waals surface area contributed by atoms with Crippen molar-refractivity contribution in [2.75, 3.05) is 39.4 Å². The van der Waals surface area contributed by atoms with Crippen LogP contribution in [-0.4, -0.2) is 61.0 Å². The van der Waals surface area contributed by atoms with E-state index < -0.39 is 5.60 Å². The van der Waals surface area contributed by atoms with Crippen LogP contribution in [0.15, 0.2) is 4.99 Å². The summed E-state index contributed by atoms with van der Waals surface area (Å²) in [5.74, 6) is 1.77. The lowest BCUT2D eigenvalue weighted by molar-refractivity contribution is -0.0567. The van der Waals surface area contributed by atoms with Crippen molar-refractivity contribution < 1.29 is 9.84 Å². The van der Waals surface area contributed by atoms with Crippen LogP contribution in [0.2, 0.25) is 0 Å². The minimum Gasteiger partial charge on any atom is -0.388 e. The van der Waals surface area contributed by atoms with Crippen molar-refractivity contribution in [1.29, 1.82) is 0 Å². The summed E-state index contributed by atoms with van der Waals surface area (Å²) in [4.78, 5) is 7.01. The predicted molar refractivity (Wildman–Crippen MR) is 81.0 cm³/mol. The van der Waals surface area contributed by atoms with E-state index in [1.807, 2.05) is 0 Å². The molecule has 2 aliphatic rings. The summed E-state index contributed by atoms with van der Waals surface area (Å²) in [7, 11) is 0. The standard InChI is InChI=1S/C15H29N3O2/c1-3-16-14(18-8-4-13(2)5-9-18)17-12-15(19)6-10-20-11-7-15/h13,19H,3-12H2,1-2H3,(H,16,17). The molecular formula is C15H29N3O2. The Kier molecular flexibility index (Phi) is 5.66. The van der Waals surface area contributed by atoms with E-state index in [0.717, 1.165) is 31.5 Å². The first-order valence-corrected chi connectivity index (χ1v) is 7.96. The van der Waals surface area contributed by atoms with Gasteiger partial charge in [0.05, 0.1) is 12.1 Å². The molecule has 2 aliphatic heterocycles. The van der Waals surface area contributed by atoms with Gasteiger partial charge in [0, 0.05) is 45.7 Å². The zero-order valence-electron chi connectivity index (χ0n) is 12.9. The Morgan fingerprint density at radius 3 is 2.60 bits per heavy atom. The zero-order valence-corrected chi connectivity index (χ0v) is 12.9. The maximum absolute atomic E-state index is 10.5. The number of ether oxygens (including phenoxy) is 1. The van der Waals surface area contributed by atoms with Gasteiger partial charge in [0.15, 0.2) is 5.96 Å². The van der Waals surface area contributed by atoms with Crippen LogP contribution in [0.25, 0.3) is 0 Å². The second-order valence-electron chi connectivity index (χ2n) is 6.18. The lowest BCUT2D eigenvalue weighted by Crippen LogP contribution is -2.47. The molecule has 0 radical (unpaired) electrons. The van der Waals surface area contributed by atoms with Gasteiger partial charge in [-0.25, -0.2) is 0 Å². The Balaban J connectivity index is 1.94. The van der Waals surface area contributed by atoms with Crippen LogP contribution in [0.3, 0.4) is 0 Å². The highest BCUT2D eigenvalue weighted by atomic mass is 16.5. The number of nitrogens with zero attached hydrogens (tertiary/aromatic N) is 2. The van der Waals surface area contributed by atoms with Gasteiger partial charge in [0.25, 0.3) is 0 Å². The van der Waals surface area contributed by atoms with E-state index in [4.69, 9.17) is 4.74 Å². The average Bonchev–Trinajstić information content (AvgIpc) is 2.45. The molecule has 0 aliphatic carbocycles. The number of aliphatic imine (C=N–C) groups is 1. The number of rotatable bonds is 3. The third-order valence-corrected chi connectivity index (χ3v) is 4.36. The van der Waals surface area contributed by atoms with Crippen molar-refractivity contribution in [2.45, 2.75) is 45.1 Å². The molecule has 2 saturated heterocycles. The van der Waals surface area contributed by atoms with Crippen LogP contribution in [0.5, 0.6) is 0 Å². The largest absolute Gasteiger partial charge is 0.388 e. The molecule has 0 aromatic rings. The number of nitrogens with one attached hydrogen (secondary N) is 1. The fourth-order valence-corrected chi connectivity index (χ4v) is 2.78. The molecule has 0 aromatic heterocycles. The minimum atomic E-state index is -0.679. The van der Waals surface area contributed by atoms with Crippen molar-refractivity contribution >= 4 is 5.96 Å². The molecule has 0 atom stereocenters. The summed E-state index contributed by atoms with van der Waals surface area (Å²) in [5, 5.41) is 13.9. The van der Waals surface area contributed by atoms with E-state index in [2.05, 4.69) is 29.1 Å². The smallest absolute Gasteiger partial charge is 0.194 e. The maximum atomic E-state index is 10.5. The number of likely N-dealkylation sites (tertiary alicyclic amines) is 1. The second-order valence-corrected chi connectivity index (χ2v) is 6.18. The fraction of sp³-hybridized carbons (Fsp3) is 0.933. The number of aliphatic hydroxyl groups is 1. The summed E-state index contributed by atoms with van der Waals surface area (Å²) < 4.78 is 5.31. The molecule has 2 fully saturated rings. The van der Waals surface area contributed by atoms with Gasteiger partial charge in [-0.15, -0.1) is 0 Å². The summed E-state index contributed by atoms with van der Waals surface area (Å²) in [5.41, 5.74) is -0.679. The van der Waals surface area contributed by atoms with E-state index in [9.17, 15) is 5.11 Å². The van der Waals surface area contributed by atoms with Gasteiger partial charge in [-0.2, -0.15) is 0 Å². The molecule has 116 valence electrons. The summed E-state index contributed by atoms with van der Waals surface area (Å²) >= 11 is 0. The molecule has 5 nitrogen and oxygen atoms in total. The Bertz CT molecular complexity index is 319. The highest BCUT2D eigenvalue weighted by molar-refractivity contribution is 5.80. The summed E-state index contributed by atoms with van der Waals surface area (Å²) in [6, 6.07) is 0. The predicted octanol–water partition coefficient (Wildman–Crippen LogP) is 1.23. The van der Waals surface area contributed by atoms with Crippen LogP contribution in [0.1, 0.15) is 39.5 Å². The molecule has 0 aromatic carbocycles. The lowest BCUT2D eigenvalue weighted by atomic mass is 9.95. The molecule has 0 unspecified atom stereocenters. The van der Waals surface area contributed by atoms with E-state index in [-0.39, 0.29) is 0 Å². The topological polar surface area (TPSA) is 57.1 Å². The molecule has 0 bridgehead atoms.